The van der Waals surface area contributed by atoms with E-state index in [1.807, 2.05) is 11.9 Å². The normalized spacial score (nSPS) is 12.5. The molecule has 0 unspecified atom stereocenters. The summed E-state index contributed by atoms with van der Waals surface area (Å²) in [5.41, 5.74) is 2.51. The molecule has 5 nitrogen and oxygen atoms in total. The van der Waals surface area contributed by atoms with Gasteiger partial charge >= 0.3 is 0 Å². The minimum absolute atomic E-state index is 0. The maximum absolute atomic E-state index is 12.1. The lowest BCUT2D eigenvalue weighted by molar-refractivity contribution is 0.478. The Bertz CT molecular complexity index is 650. The van der Waals surface area contributed by atoms with Crippen LogP contribution in [0, 0.1) is 0 Å². The van der Waals surface area contributed by atoms with E-state index in [0.29, 0.717) is 12.5 Å². The van der Waals surface area contributed by atoms with Crippen molar-refractivity contribution < 1.29 is 8.42 Å². The van der Waals surface area contributed by atoms with Crippen molar-refractivity contribution in [1.82, 2.24) is 10.2 Å². The van der Waals surface area contributed by atoms with Crippen molar-refractivity contribution in [3.8, 4) is 0 Å². The van der Waals surface area contributed by atoms with Crippen LogP contribution in [0.1, 0.15) is 38.8 Å². The Labute approximate surface area is 170 Å². The number of sulfone groups is 1. The van der Waals surface area contributed by atoms with Gasteiger partial charge in [-0.1, -0.05) is 31.2 Å². The van der Waals surface area contributed by atoms with Crippen molar-refractivity contribution >= 4 is 39.8 Å². The highest BCUT2D eigenvalue weighted by Gasteiger charge is 2.28. The van der Waals surface area contributed by atoms with E-state index >= 15 is 0 Å². The van der Waals surface area contributed by atoms with Gasteiger partial charge in [-0.05, 0) is 38.3 Å². The molecule has 144 valence electrons. The molecule has 0 bridgehead atoms. The average Bonchev–Trinajstić information content (AvgIpc) is 2.51. The zero-order valence-corrected chi connectivity index (χ0v) is 19.3. The zero-order chi connectivity index (χ0) is 18.4. The Hall–Kier alpha value is -0.830. The van der Waals surface area contributed by atoms with Crippen molar-refractivity contribution in [2.45, 2.75) is 45.4 Å². The molecule has 1 rings (SSSR count). The predicted molar refractivity (Wildman–Crippen MR) is 118 cm³/mol. The van der Waals surface area contributed by atoms with Crippen LogP contribution in [-0.2, 0) is 22.8 Å². The summed E-state index contributed by atoms with van der Waals surface area (Å²) in [4.78, 5) is 6.23. The van der Waals surface area contributed by atoms with E-state index in [1.165, 1.54) is 11.1 Å². The first kappa shape index (κ1) is 24.2. The number of hydrogen-bond donors (Lipinski definition) is 1. The number of benzene rings is 1. The van der Waals surface area contributed by atoms with Crippen LogP contribution < -0.4 is 5.32 Å². The van der Waals surface area contributed by atoms with Crippen molar-refractivity contribution in [2.24, 2.45) is 4.99 Å². The Morgan fingerprint density at radius 2 is 1.68 bits per heavy atom. The van der Waals surface area contributed by atoms with Crippen LogP contribution in [0.3, 0.4) is 0 Å². The third-order valence-electron chi connectivity index (χ3n) is 4.01. The Morgan fingerprint density at radius 3 is 2.12 bits per heavy atom. The molecule has 0 aromatic heterocycles. The fourth-order valence-electron chi connectivity index (χ4n) is 2.22. The molecule has 0 aliphatic heterocycles. The van der Waals surface area contributed by atoms with E-state index < -0.39 is 14.6 Å². The van der Waals surface area contributed by atoms with Crippen LogP contribution in [0.25, 0.3) is 0 Å². The number of guanidine groups is 1. The summed E-state index contributed by atoms with van der Waals surface area (Å²) < 4.78 is 23.6. The summed E-state index contributed by atoms with van der Waals surface area (Å²) in [7, 11) is 0.521. The Balaban J connectivity index is 0.00000576. The molecule has 1 aromatic carbocycles. The third kappa shape index (κ3) is 7.52. The molecule has 0 saturated carbocycles. The maximum Gasteiger partial charge on any atom is 0.193 e. The first-order valence-electron chi connectivity index (χ1n) is 8.32. The number of aryl methyl sites for hydroxylation is 1. The molecule has 7 heteroatoms. The van der Waals surface area contributed by atoms with E-state index in [-0.39, 0.29) is 29.7 Å². The van der Waals surface area contributed by atoms with Gasteiger partial charge in [0.15, 0.2) is 15.8 Å². The van der Waals surface area contributed by atoms with Crippen LogP contribution in [0.4, 0.5) is 0 Å². The summed E-state index contributed by atoms with van der Waals surface area (Å²) in [5.74, 6) is 0.785. The number of nitrogens with one attached hydrogen (secondary N) is 1. The lowest BCUT2D eigenvalue weighted by Gasteiger charge is -2.24. The highest BCUT2D eigenvalue weighted by molar-refractivity contribution is 14.0. The van der Waals surface area contributed by atoms with Crippen LogP contribution in [0.15, 0.2) is 29.3 Å². The predicted octanol–water partition coefficient (Wildman–Crippen LogP) is 3.09. The second-order valence-electron chi connectivity index (χ2n) is 6.93. The zero-order valence-electron chi connectivity index (χ0n) is 16.2. The quantitative estimate of drug-likeness (QED) is 0.386. The third-order valence-corrected chi connectivity index (χ3v) is 6.62. The molecule has 0 saturated heterocycles. The highest BCUT2D eigenvalue weighted by atomic mass is 127. The molecule has 0 fully saturated rings. The largest absolute Gasteiger partial charge is 0.355 e. The topological polar surface area (TPSA) is 61.8 Å². The first-order chi connectivity index (χ1) is 11.1. The van der Waals surface area contributed by atoms with Gasteiger partial charge in [0.2, 0.25) is 0 Å². The molecule has 1 aromatic rings. The molecule has 0 spiro atoms. The van der Waals surface area contributed by atoms with Gasteiger partial charge in [-0.15, -0.1) is 24.0 Å². The monoisotopic (exact) mass is 481 g/mol. The van der Waals surface area contributed by atoms with E-state index in [1.54, 1.807) is 27.8 Å². The Kier molecular flexibility index (Phi) is 10.0. The lowest BCUT2D eigenvalue weighted by Crippen LogP contribution is -2.42. The van der Waals surface area contributed by atoms with E-state index in [0.717, 1.165) is 13.0 Å². The fraction of sp³-hybridized carbons (Fsp3) is 0.611. The summed E-state index contributed by atoms with van der Waals surface area (Å²) in [6.45, 7) is 8.38. The lowest BCUT2D eigenvalue weighted by atomic mass is 10.1. The summed E-state index contributed by atoms with van der Waals surface area (Å²) in [5, 5.41) is 3.14. The average molecular weight is 481 g/mol. The molecular formula is C18H32IN3O2S. The molecule has 0 aliphatic rings. The number of halogens is 1. The molecule has 1 N–H and O–H groups in total. The minimum atomic E-state index is -3.13. The van der Waals surface area contributed by atoms with Gasteiger partial charge in [0.1, 0.15) is 0 Å². The number of hydrogen-bond acceptors (Lipinski definition) is 3. The maximum atomic E-state index is 12.1. The second kappa shape index (κ2) is 10.4. The van der Waals surface area contributed by atoms with E-state index in [9.17, 15) is 8.42 Å². The number of aliphatic imine (C=N–C) groups is 1. The molecule has 0 amide bonds. The standard InChI is InChI=1S/C18H31N3O2S.HI/c1-7-15-8-10-16(11-9-15)14-21(6)17(19-5)20-12-13-24(22,23)18(2,3)4;/h8-11H,7,12-14H2,1-6H3,(H,19,20);1H. The van der Waals surface area contributed by atoms with Gasteiger partial charge in [-0.2, -0.15) is 0 Å². The smallest absolute Gasteiger partial charge is 0.193 e. The summed E-state index contributed by atoms with van der Waals surface area (Å²) >= 11 is 0. The molecule has 0 atom stereocenters. The molecule has 0 heterocycles. The first-order valence-corrected chi connectivity index (χ1v) is 9.98. The van der Waals surface area contributed by atoms with E-state index in [2.05, 4.69) is 41.5 Å². The van der Waals surface area contributed by atoms with Gasteiger partial charge in [0, 0.05) is 27.2 Å². The van der Waals surface area contributed by atoms with Crippen molar-refractivity contribution in [2.75, 3.05) is 26.4 Å². The van der Waals surface area contributed by atoms with Crippen LogP contribution in [0.2, 0.25) is 0 Å². The van der Waals surface area contributed by atoms with Gasteiger partial charge in [0.25, 0.3) is 0 Å². The molecular weight excluding hydrogens is 449 g/mol. The molecule has 25 heavy (non-hydrogen) atoms. The van der Waals surface area contributed by atoms with Crippen LogP contribution in [-0.4, -0.2) is 50.4 Å². The molecule has 0 aliphatic carbocycles. The second-order valence-corrected chi connectivity index (χ2v) is 9.79. The summed E-state index contributed by atoms with van der Waals surface area (Å²) in [6, 6.07) is 8.50. The number of rotatable bonds is 6. The fourth-order valence-corrected chi connectivity index (χ4v) is 3.20. The van der Waals surface area contributed by atoms with Gasteiger partial charge in [-0.3, -0.25) is 4.99 Å². The van der Waals surface area contributed by atoms with Crippen molar-refractivity contribution in [1.29, 1.82) is 0 Å². The van der Waals surface area contributed by atoms with E-state index in [4.69, 9.17) is 0 Å². The summed E-state index contributed by atoms with van der Waals surface area (Å²) in [6.07, 6.45) is 1.03. The molecule has 0 radical (unpaired) electrons. The van der Waals surface area contributed by atoms with Crippen LogP contribution >= 0.6 is 24.0 Å². The van der Waals surface area contributed by atoms with Gasteiger partial charge < -0.3 is 10.2 Å². The highest BCUT2D eigenvalue weighted by Crippen LogP contribution is 2.15. The minimum Gasteiger partial charge on any atom is -0.355 e. The van der Waals surface area contributed by atoms with Crippen molar-refractivity contribution in [3.05, 3.63) is 35.4 Å². The van der Waals surface area contributed by atoms with Crippen molar-refractivity contribution in [3.63, 3.8) is 0 Å². The van der Waals surface area contributed by atoms with Gasteiger partial charge in [-0.25, -0.2) is 8.42 Å². The SMILES string of the molecule is CCc1ccc(CN(C)C(=NC)NCCS(=O)(=O)C(C)(C)C)cc1.I. The van der Waals surface area contributed by atoms with Gasteiger partial charge in [0.05, 0.1) is 10.5 Å². The number of nitrogens with zero attached hydrogens (tertiary/aromatic N) is 2. The Morgan fingerprint density at radius 1 is 1.16 bits per heavy atom. The van der Waals surface area contributed by atoms with Crippen LogP contribution in [0.5, 0.6) is 0 Å².